The molecule has 5 N–H and O–H groups in total. The van der Waals surface area contributed by atoms with Crippen LogP contribution in [-0.4, -0.2) is 44.6 Å². The largest absolute Gasteiger partial charge is 0.497 e. The molecule has 0 spiro atoms. The van der Waals surface area contributed by atoms with Crippen LogP contribution in [0.1, 0.15) is 6.92 Å². The smallest absolute Gasteiger partial charge is 0.263 e. The molecule has 1 aromatic heterocycles. The Labute approximate surface area is 214 Å². The van der Waals surface area contributed by atoms with E-state index in [9.17, 15) is 13.2 Å². The van der Waals surface area contributed by atoms with Gasteiger partial charge in [0, 0.05) is 29.6 Å². The number of hydrogen-bond acceptors (Lipinski definition) is 9. The number of anilines is 4. The summed E-state index contributed by atoms with van der Waals surface area (Å²) in [4.78, 5) is 20.9. The van der Waals surface area contributed by atoms with Crippen molar-refractivity contribution in [1.82, 2.24) is 9.97 Å². The normalized spacial score (nSPS) is 12.0. The number of hydrogen-bond donors (Lipinski definition) is 4. The van der Waals surface area contributed by atoms with Crippen molar-refractivity contribution in [2.75, 3.05) is 29.6 Å². The SMILES string of the molecule is COc1cc(Nc2nc3ccccc3nc2NS(=O)(=O)c2cccc(NC(=O)C(C)N)c2)cc(OC)c1. The predicted molar refractivity (Wildman–Crippen MR) is 142 cm³/mol. The van der Waals surface area contributed by atoms with Crippen LogP contribution >= 0.6 is 0 Å². The fourth-order valence-electron chi connectivity index (χ4n) is 3.36. The summed E-state index contributed by atoms with van der Waals surface area (Å²) >= 11 is 0. The first-order valence-corrected chi connectivity index (χ1v) is 12.6. The Bertz CT molecular complexity index is 1540. The molecule has 4 aromatic rings. The summed E-state index contributed by atoms with van der Waals surface area (Å²) in [5.74, 6) is 0.763. The zero-order valence-electron chi connectivity index (χ0n) is 20.3. The summed E-state index contributed by atoms with van der Waals surface area (Å²) in [6, 6.07) is 17.3. The second-order valence-corrected chi connectivity index (χ2v) is 9.73. The van der Waals surface area contributed by atoms with Crippen molar-refractivity contribution < 1.29 is 22.7 Å². The van der Waals surface area contributed by atoms with E-state index in [2.05, 4.69) is 25.3 Å². The van der Waals surface area contributed by atoms with E-state index in [-0.39, 0.29) is 22.2 Å². The summed E-state index contributed by atoms with van der Waals surface area (Å²) < 4.78 is 39.8. The van der Waals surface area contributed by atoms with Gasteiger partial charge in [0.15, 0.2) is 11.6 Å². The molecule has 0 aliphatic carbocycles. The molecule has 37 heavy (non-hydrogen) atoms. The maximum absolute atomic E-state index is 13.3. The predicted octanol–water partition coefficient (Wildman–Crippen LogP) is 3.48. The van der Waals surface area contributed by atoms with Crippen LogP contribution in [0.25, 0.3) is 11.0 Å². The van der Waals surface area contributed by atoms with Crippen molar-refractivity contribution in [3.05, 3.63) is 66.7 Å². The Morgan fingerprint density at radius 3 is 2.08 bits per heavy atom. The Hall–Kier alpha value is -4.42. The van der Waals surface area contributed by atoms with Crippen LogP contribution in [0.15, 0.2) is 71.6 Å². The molecule has 12 heteroatoms. The van der Waals surface area contributed by atoms with Gasteiger partial charge in [-0.2, -0.15) is 0 Å². The summed E-state index contributed by atoms with van der Waals surface area (Å²) in [5.41, 5.74) is 7.47. The number of benzene rings is 3. The lowest BCUT2D eigenvalue weighted by atomic mass is 10.2. The van der Waals surface area contributed by atoms with Crippen LogP contribution in [0.5, 0.6) is 11.5 Å². The van der Waals surface area contributed by atoms with Crippen molar-refractivity contribution in [3.63, 3.8) is 0 Å². The van der Waals surface area contributed by atoms with Crippen molar-refractivity contribution in [2.24, 2.45) is 5.73 Å². The third-order valence-corrected chi connectivity index (χ3v) is 6.58. The molecule has 1 atom stereocenters. The minimum Gasteiger partial charge on any atom is -0.497 e. The van der Waals surface area contributed by atoms with Gasteiger partial charge in [-0.25, -0.2) is 18.4 Å². The minimum atomic E-state index is -4.13. The van der Waals surface area contributed by atoms with Crippen LogP contribution in [-0.2, 0) is 14.8 Å². The minimum absolute atomic E-state index is 0.0227. The quantitative estimate of drug-likeness (QED) is 0.258. The highest BCUT2D eigenvalue weighted by Gasteiger charge is 2.20. The van der Waals surface area contributed by atoms with Gasteiger partial charge in [0.2, 0.25) is 5.91 Å². The van der Waals surface area contributed by atoms with Gasteiger partial charge in [-0.15, -0.1) is 0 Å². The Balaban J connectivity index is 1.73. The van der Waals surface area contributed by atoms with Crippen LogP contribution in [0.2, 0.25) is 0 Å². The molecule has 4 rings (SSSR count). The van der Waals surface area contributed by atoms with Crippen LogP contribution in [0.4, 0.5) is 23.0 Å². The van der Waals surface area contributed by atoms with E-state index in [1.165, 1.54) is 39.3 Å². The van der Waals surface area contributed by atoms with Crippen molar-refractivity contribution >= 4 is 50.0 Å². The van der Waals surface area contributed by atoms with Crippen LogP contribution in [0, 0.1) is 0 Å². The standard InChI is InChI=1S/C25H26N6O5S/c1-15(26)25(32)28-16-7-6-8-20(13-16)37(33,34)31-24-23(29-21-9-4-5-10-22(21)30-24)27-17-11-18(35-2)14-19(12-17)36-3/h4-15H,26H2,1-3H3,(H,27,29)(H,28,32)(H,30,31). The first-order chi connectivity index (χ1) is 17.7. The molecule has 1 heterocycles. The van der Waals surface area contributed by atoms with Gasteiger partial charge < -0.3 is 25.8 Å². The van der Waals surface area contributed by atoms with Gasteiger partial charge in [-0.3, -0.25) is 9.52 Å². The second kappa shape index (κ2) is 10.7. The van der Waals surface area contributed by atoms with Crippen LogP contribution in [0.3, 0.4) is 0 Å². The van der Waals surface area contributed by atoms with Crippen molar-refractivity contribution in [2.45, 2.75) is 17.9 Å². The van der Waals surface area contributed by atoms with Gasteiger partial charge >= 0.3 is 0 Å². The maximum atomic E-state index is 13.3. The zero-order valence-corrected chi connectivity index (χ0v) is 21.2. The van der Waals surface area contributed by atoms with Gasteiger partial charge in [0.05, 0.1) is 36.2 Å². The summed E-state index contributed by atoms with van der Waals surface area (Å²) in [7, 11) is -1.07. The number of aromatic nitrogens is 2. The number of ether oxygens (including phenoxy) is 2. The number of amides is 1. The van der Waals surface area contributed by atoms with E-state index in [4.69, 9.17) is 15.2 Å². The molecule has 3 aromatic carbocycles. The topological polar surface area (TPSA) is 158 Å². The fraction of sp³-hybridized carbons (Fsp3) is 0.160. The number of nitrogens with zero attached hydrogens (tertiary/aromatic N) is 2. The molecular formula is C25H26N6O5S. The molecule has 0 fully saturated rings. The average Bonchev–Trinajstić information content (AvgIpc) is 2.88. The molecule has 0 bridgehead atoms. The molecule has 0 aliphatic heterocycles. The summed E-state index contributed by atoms with van der Waals surface area (Å²) in [6.45, 7) is 1.53. The number of carbonyl (C=O) groups is 1. The second-order valence-electron chi connectivity index (χ2n) is 8.05. The van der Waals surface area contributed by atoms with Gasteiger partial charge in [-0.1, -0.05) is 18.2 Å². The van der Waals surface area contributed by atoms with E-state index in [0.29, 0.717) is 28.2 Å². The lowest BCUT2D eigenvalue weighted by Gasteiger charge is -2.15. The molecule has 0 aliphatic rings. The Kier molecular flexibility index (Phi) is 7.41. The molecule has 0 saturated heterocycles. The Morgan fingerprint density at radius 2 is 1.49 bits per heavy atom. The number of methoxy groups -OCH3 is 2. The molecule has 1 amide bonds. The first-order valence-electron chi connectivity index (χ1n) is 11.1. The number of nitrogens with two attached hydrogens (primary N) is 1. The van der Waals surface area contributed by atoms with E-state index < -0.39 is 22.0 Å². The fourth-order valence-corrected chi connectivity index (χ4v) is 4.41. The van der Waals surface area contributed by atoms with E-state index in [1.807, 2.05) is 0 Å². The highest BCUT2D eigenvalue weighted by Crippen LogP contribution is 2.31. The number of para-hydroxylation sites is 2. The highest BCUT2D eigenvalue weighted by molar-refractivity contribution is 7.92. The number of sulfonamides is 1. The number of fused-ring (bicyclic) bond motifs is 1. The molecule has 0 radical (unpaired) electrons. The highest BCUT2D eigenvalue weighted by atomic mass is 32.2. The molecule has 192 valence electrons. The summed E-state index contributed by atoms with van der Waals surface area (Å²) in [5, 5.41) is 5.69. The molecule has 1 unspecified atom stereocenters. The Morgan fingerprint density at radius 1 is 0.865 bits per heavy atom. The number of rotatable bonds is 9. The average molecular weight is 523 g/mol. The van der Waals surface area contributed by atoms with Gasteiger partial charge in [0.1, 0.15) is 11.5 Å². The molecule has 0 saturated carbocycles. The lowest BCUT2D eigenvalue weighted by molar-refractivity contribution is -0.117. The first kappa shape index (κ1) is 25.7. The van der Waals surface area contributed by atoms with Gasteiger partial charge in [-0.05, 0) is 37.3 Å². The monoisotopic (exact) mass is 522 g/mol. The number of nitrogens with one attached hydrogen (secondary N) is 3. The lowest BCUT2D eigenvalue weighted by Crippen LogP contribution is -2.32. The third-order valence-electron chi connectivity index (χ3n) is 5.24. The zero-order chi connectivity index (χ0) is 26.6. The summed E-state index contributed by atoms with van der Waals surface area (Å²) in [6.07, 6.45) is 0. The van der Waals surface area contributed by atoms with Gasteiger partial charge in [0.25, 0.3) is 10.0 Å². The third kappa shape index (κ3) is 6.05. The van der Waals surface area contributed by atoms with E-state index in [0.717, 1.165) is 0 Å². The van der Waals surface area contributed by atoms with Crippen molar-refractivity contribution in [3.8, 4) is 11.5 Å². The van der Waals surface area contributed by atoms with Crippen molar-refractivity contribution in [1.29, 1.82) is 0 Å². The number of carbonyl (C=O) groups excluding carboxylic acids is 1. The van der Waals surface area contributed by atoms with Crippen LogP contribution < -0.4 is 30.6 Å². The van der Waals surface area contributed by atoms with E-state index in [1.54, 1.807) is 48.5 Å². The van der Waals surface area contributed by atoms with E-state index >= 15 is 0 Å². The molecule has 11 nitrogen and oxygen atoms in total. The maximum Gasteiger partial charge on any atom is 0.263 e. The molecular weight excluding hydrogens is 496 g/mol.